The number of anilines is 1. The highest BCUT2D eigenvalue weighted by atomic mass is 16.3. The van der Waals surface area contributed by atoms with Crippen molar-refractivity contribution in [2.24, 2.45) is 5.92 Å². The molecule has 0 bridgehead atoms. The summed E-state index contributed by atoms with van der Waals surface area (Å²) in [6.07, 6.45) is 0.813. The van der Waals surface area contributed by atoms with Gasteiger partial charge in [0.05, 0.1) is 12.1 Å². The van der Waals surface area contributed by atoms with Crippen LogP contribution in [0.5, 0.6) is 0 Å². The molecular weight excluding hydrogens is 306 g/mol. The lowest BCUT2D eigenvalue weighted by Crippen LogP contribution is -2.35. The summed E-state index contributed by atoms with van der Waals surface area (Å²) in [5, 5.41) is 12.9. The Morgan fingerprint density at radius 3 is 2.42 bits per heavy atom. The number of benzene rings is 1. The van der Waals surface area contributed by atoms with Crippen LogP contribution in [0.4, 0.5) is 5.69 Å². The van der Waals surface area contributed by atoms with Crippen LogP contribution in [0.25, 0.3) is 0 Å². The van der Waals surface area contributed by atoms with Crippen molar-refractivity contribution in [1.82, 2.24) is 9.80 Å². The Kier molecular flexibility index (Phi) is 5.62. The van der Waals surface area contributed by atoms with Crippen LogP contribution in [0.1, 0.15) is 30.6 Å². The van der Waals surface area contributed by atoms with Crippen LogP contribution in [-0.4, -0.2) is 66.1 Å². The van der Waals surface area contributed by atoms with Crippen molar-refractivity contribution >= 4 is 17.5 Å². The molecular formula is C18H27N3O3. The fourth-order valence-corrected chi connectivity index (χ4v) is 2.89. The average Bonchev–Trinajstić information content (AvgIpc) is 2.96. The van der Waals surface area contributed by atoms with Crippen molar-refractivity contribution in [2.45, 2.75) is 25.9 Å². The zero-order valence-corrected chi connectivity index (χ0v) is 14.9. The molecule has 6 heteroatoms. The van der Waals surface area contributed by atoms with Crippen molar-refractivity contribution < 1.29 is 14.7 Å². The molecule has 2 amide bonds. The predicted molar refractivity (Wildman–Crippen MR) is 93.9 cm³/mol. The maximum absolute atomic E-state index is 12.5. The summed E-state index contributed by atoms with van der Waals surface area (Å²) in [6.45, 7) is 5.12. The Bertz CT molecular complexity index is 591. The lowest BCUT2D eigenvalue weighted by Gasteiger charge is -2.25. The van der Waals surface area contributed by atoms with Crippen LogP contribution in [0.15, 0.2) is 24.3 Å². The van der Waals surface area contributed by atoms with Gasteiger partial charge in [0.1, 0.15) is 0 Å². The number of nitrogens with zero attached hydrogens (tertiary/aromatic N) is 2. The van der Waals surface area contributed by atoms with Crippen molar-refractivity contribution in [3.8, 4) is 0 Å². The number of hydrogen-bond acceptors (Lipinski definition) is 4. The molecule has 0 spiro atoms. The van der Waals surface area contributed by atoms with E-state index < -0.39 is 5.60 Å². The van der Waals surface area contributed by atoms with Gasteiger partial charge in [-0.15, -0.1) is 0 Å². The molecule has 1 heterocycles. The molecule has 1 aliphatic heterocycles. The zero-order valence-electron chi connectivity index (χ0n) is 14.9. The fraction of sp³-hybridized carbons (Fsp3) is 0.556. The van der Waals surface area contributed by atoms with Crippen LogP contribution in [0, 0.1) is 5.92 Å². The topological polar surface area (TPSA) is 72.9 Å². The first-order valence-electron chi connectivity index (χ1n) is 8.23. The summed E-state index contributed by atoms with van der Waals surface area (Å²) in [7, 11) is 3.66. The van der Waals surface area contributed by atoms with Gasteiger partial charge in [0.2, 0.25) is 5.91 Å². The minimum atomic E-state index is -0.768. The number of hydrogen-bond donors (Lipinski definition) is 2. The maximum atomic E-state index is 12.5. The van der Waals surface area contributed by atoms with E-state index in [-0.39, 0.29) is 17.7 Å². The van der Waals surface area contributed by atoms with Crippen LogP contribution in [-0.2, 0) is 4.79 Å². The molecule has 1 aliphatic rings. The molecule has 0 radical (unpaired) electrons. The van der Waals surface area contributed by atoms with Gasteiger partial charge in [-0.1, -0.05) is 0 Å². The summed E-state index contributed by atoms with van der Waals surface area (Å²) in [4.78, 5) is 27.8. The second-order valence-electron chi connectivity index (χ2n) is 7.25. The largest absolute Gasteiger partial charge is 0.390 e. The van der Waals surface area contributed by atoms with Crippen molar-refractivity contribution in [3.63, 3.8) is 0 Å². The van der Waals surface area contributed by atoms with Crippen LogP contribution in [0.3, 0.4) is 0 Å². The second kappa shape index (κ2) is 7.32. The Hall–Kier alpha value is -1.92. The fourth-order valence-electron chi connectivity index (χ4n) is 2.89. The Morgan fingerprint density at radius 2 is 1.92 bits per heavy atom. The molecule has 0 aliphatic carbocycles. The minimum Gasteiger partial charge on any atom is -0.390 e. The van der Waals surface area contributed by atoms with E-state index in [1.165, 1.54) is 0 Å². The molecule has 0 saturated carbocycles. The zero-order chi connectivity index (χ0) is 17.9. The molecule has 1 saturated heterocycles. The van der Waals surface area contributed by atoms with Gasteiger partial charge in [-0.3, -0.25) is 9.59 Å². The van der Waals surface area contributed by atoms with E-state index in [0.29, 0.717) is 30.9 Å². The molecule has 2 rings (SSSR count). The molecule has 24 heavy (non-hydrogen) atoms. The average molecular weight is 333 g/mol. The van der Waals surface area contributed by atoms with Gasteiger partial charge in [0.15, 0.2) is 0 Å². The number of nitrogens with one attached hydrogen (secondary N) is 1. The van der Waals surface area contributed by atoms with E-state index in [2.05, 4.69) is 5.32 Å². The quantitative estimate of drug-likeness (QED) is 0.855. The number of amides is 2. The third kappa shape index (κ3) is 4.79. The number of carbonyl (C=O) groups excluding carboxylic acids is 2. The summed E-state index contributed by atoms with van der Waals surface area (Å²) < 4.78 is 0. The van der Waals surface area contributed by atoms with Crippen molar-refractivity contribution in [1.29, 1.82) is 0 Å². The summed E-state index contributed by atoms with van der Waals surface area (Å²) in [5.41, 5.74) is 0.501. The van der Waals surface area contributed by atoms with E-state index >= 15 is 0 Å². The predicted octanol–water partition coefficient (Wildman–Crippen LogP) is 1.42. The molecule has 1 atom stereocenters. The summed E-state index contributed by atoms with van der Waals surface area (Å²) in [6, 6.07) is 6.94. The Labute approximate surface area is 143 Å². The molecule has 1 fully saturated rings. The Morgan fingerprint density at radius 1 is 1.29 bits per heavy atom. The van der Waals surface area contributed by atoms with Crippen molar-refractivity contribution in [2.75, 3.05) is 39.0 Å². The van der Waals surface area contributed by atoms with Gasteiger partial charge in [0.25, 0.3) is 5.91 Å². The number of carbonyl (C=O) groups is 2. The van der Waals surface area contributed by atoms with E-state index in [1.54, 1.807) is 47.9 Å². The lowest BCUT2D eigenvalue weighted by molar-refractivity contribution is -0.116. The monoisotopic (exact) mass is 333 g/mol. The molecule has 6 nitrogen and oxygen atoms in total. The SMILES string of the molecule is CN(C)CC(=O)Nc1ccc(C(=O)N2CC[C@@H](C(C)(C)O)C2)cc1. The van der Waals surface area contributed by atoms with E-state index in [9.17, 15) is 14.7 Å². The number of aliphatic hydroxyl groups is 1. The standard InChI is InChI=1S/C18H27N3O3/c1-18(2,24)14-9-10-21(11-14)17(23)13-5-7-15(8-6-13)19-16(22)12-20(3)4/h5-8,14,24H,9-12H2,1-4H3,(H,19,22)/t14-/m1/s1. The van der Waals surface area contributed by atoms with Crippen LogP contribution >= 0.6 is 0 Å². The third-order valence-corrected chi connectivity index (χ3v) is 4.35. The van der Waals surface area contributed by atoms with Crippen LogP contribution < -0.4 is 5.32 Å². The van der Waals surface area contributed by atoms with Gasteiger partial charge in [-0.2, -0.15) is 0 Å². The first-order valence-corrected chi connectivity index (χ1v) is 8.23. The van der Waals surface area contributed by atoms with Crippen LogP contribution in [0.2, 0.25) is 0 Å². The van der Waals surface area contributed by atoms with E-state index in [0.717, 1.165) is 6.42 Å². The van der Waals surface area contributed by atoms with Crippen molar-refractivity contribution in [3.05, 3.63) is 29.8 Å². The highest BCUT2D eigenvalue weighted by molar-refractivity contribution is 5.96. The second-order valence-corrected chi connectivity index (χ2v) is 7.25. The highest BCUT2D eigenvalue weighted by Gasteiger charge is 2.35. The van der Waals surface area contributed by atoms with Gasteiger partial charge < -0.3 is 20.2 Å². The number of rotatable bonds is 5. The first-order chi connectivity index (χ1) is 11.2. The molecule has 0 unspecified atom stereocenters. The highest BCUT2D eigenvalue weighted by Crippen LogP contribution is 2.28. The minimum absolute atomic E-state index is 0.0343. The van der Waals surface area contributed by atoms with Gasteiger partial charge >= 0.3 is 0 Å². The third-order valence-electron chi connectivity index (χ3n) is 4.35. The molecule has 2 N–H and O–H groups in total. The van der Waals surface area contributed by atoms with E-state index in [1.807, 2.05) is 14.1 Å². The number of likely N-dealkylation sites (N-methyl/N-ethyl adjacent to an activating group) is 1. The Balaban J connectivity index is 1.96. The van der Waals surface area contributed by atoms with Gasteiger partial charge in [-0.25, -0.2) is 0 Å². The molecule has 132 valence electrons. The van der Waals surface area contributed by atoms with Gasteiger partial charge in [0, 0.05) is 30.3 Å². The summed E-state index contributed by atoms with van der Waals surface area (Å²) in [5.74, 6) is -0.0226. The molecule has 1 aromatic carbocycles. The normalized spacial score (nSPS) is 18.1. The van der Waals surface area contributed by atoms with E-state index in [4.69, 9.17) is 0 Å². The summed E-state index contributed by atoms with van der Waals surface area (Å²) >= 11 is 0. The van der Waals surface area contributed by atoms with Gasteiger partial charge in [-0.05, 0) is 58.6 Å². The molecule has 1 aromatic rings. The smallest absolute Gasteiger partial charge is 0.253 e. The first kappa shape index (κ1) is 18.4. The lowest BCUT2D eigenvalue weighted by atomic mass is 9.90. The number of likely N-dealkylation sites (tertiary alicyclic amines) is 1. The molecule has 0 aromatic heterocycles. The maximum Gasteiger partial charge on any atom is 0.253 e.